The number of hydrogen-bond acceptors (Lipinski definition) is 4. The van der Waals surface area contributed by atoms with E-state index in [2.05, 4.69) is 5.32 Å². The van der Waals surface area contributed by atoms with Crippen LogP contribution in [0.4, 0.5) is 18.0 Å². The fourth-order valence-electron chi connectivity index (χ4n) is 4.92. The Morgan fingerprint density at radius 3 is 2.23 bits per heavy atom. The van der Waals surface area contributed by atoms with Gasteiger partial charge in [0.05, 0.1) is 6.42 Å². The Morgan fingerprint density at radius 2 is 1.66 bits per heavy atom. The molecule has 0 saturated carbocycles. The van der Waals surface area contributed by atoms with Crippen LogP contribution in [0.15, 0.2) is 48.5 Å². The molecule has 1 saturated heterocycles. The summed E-state index contributed by atoms with van der Waals surface area (Å²) >= 11 is 0. The van der Waals surface area contributed by atoms with Gasteiger partial charge in [0.25, 0.3) is 0 Å². The second kappa shape index (κ2) is 9.97. The van der Waals surface area contributed by atoms with E-state index >= 15 is 0 Å². The molecule has 1 aliphatic heterocycles. The molecule has 10 heteroatoms. The van der Waals surface area contributed by atoms with Crippen molar-refractivity contribution in [3.63, 3.8) is 0 Å². The third-order valence-corrected chi connectivity index (χ3v) is 6.56. The van der Waals surface area contributed by atoms with Crippen molar-refractivity contribution in [1.29, 1.82) is 0 Å². The average molecular weight is 490 g/mol. The number of nitrogens with zero attached hydrogens (tertiary/aromatic N) is 1. The van der Waals surface area contributed by atoms with Gasteiger partial charge in [-0.15, -0.1) is 0 Å². The zero-order chi connectivity index (χ0) is 25.2. The first-order valence-electron chi connectivity index (χ1n) is 11.3. The van der Waals surface area contributed by atoms with Gasteiger partial charge >= 0.3 is 18.2 Å². The van der Waals surface area contributed by atoms with Gasteiger partial charge < -0.3 is 20.1 Å². The molecule has 2 N–H and O–H groups in total. The van der Waals surface area contributed by atoms with Gasteiger partial charge in [0, 0.05) is 25.0 Å². The van der Waals surface area contributed by atoms with Gasteiger partial charge in [-0.3, -0.25) is 9.59 Å². The summed E-state index contributed by atoms with van der Waals surface area (Å²) in [6.07, 6.45) is -5.64. The molecule has 0 radical (unpaired) electrons. The highest BCUT2D eigenvalue weighted by atomic mass is 19.4. The zero-order valence-corrected chi connectivity index (χ0v) is 18.8. The number of carboxylic acid groups (broad SMARTS) is 1. The summed E-state index contributed by atoms with van der Waals surface area (Å²) in [5, 5.41) is 11.1. The number of amides is 2. The second-order valence-corrected chi connectivity index (χ2v) is 8.73. The quantitative estimate of drug-likeness (QED) is 0.608. The molecule has 7 nitrogen and oxygen atoms in total. The van der Waals surface area contributed by atoms with Crippen molar-refractivity contribution in [2.45, 2.75) is 37.4 Å². The lowest BCUT2D eigenvalue weighted by Gasteiger charge is -2.29. The summed E-state index contributed by atoms with van der Waals surface area (Å²) in [5.74, 6) is -5.16. The molecule has 186 valence electrons. The standard InChI is InChI=1S/C25H25F3N2O5/c26-25(27,28)21(23(33)30-11-5-6-15(30)12-22(31)32)13-29-24(34)35-14-20-18-9-3-1-7-16(18)17-8-2-4-10-19(17)20/h1-4,7-10,15,20-21H,5-6,11-14H2,(H,29,34)(H,31,32)/t15-,21?/m1/s1. The van der Waals surface area contributed by atoms with Gasteiger partial charge in [0.1, 0.15) is 6.61 Å². The fraction of sp³-hybridized carbons (Fsp3) is 0.400. The first kappa shape index (κ1) is 24.6. The number of carboxylic acids is 1. The maximum absolute atomic E-state index is 13.7. The summed E-state index contributed by atoms with van der Waals surface area (Å²) < 4.78 is 46.3. The van der Waals surface area contributed by atoms with Crippen LogP contribution < -0.4 is 5.32 Å². The zero-order valence-electron chi connectivity index (χ0n) is 18.8. The molecule has 2 aromatic rings. The maximum Gasteiger partial charge on any atom is 0.407 e. The van der Waals surface area contributed by atoms with Crippen LogP contribution in [0.1, 0.15) is 36.3 Å². The van der Waals surface area contributed by atoms with Crippen LogP contribution in [0.5, 0.6) is 0 Å². The minimum Gasteiger partial charge on any atom is -0.481 e. The molecule has 1 aliphatic carbocycles. The molecule has 2 amide bonds. The molecule has 2 aliphatic rings. The van der Waals surface area contributed by atoms with Crippen LogP contribution in [0.2, 0.25) is 0 Å². The number of fused-ring (bicyclic) bond motifs is 3. The lowest BCUT2D eigenvalue weighted by molar-refractivity contribution is -0.188. The number of halogens is 3. The lowest BCUT2D eigenvalue weighted by atomic mass is 9.98. The molecular formula is C25H25F3N2O5. The van der Waals surface area contributed by atoms with Gasteiger partial charge in [0.2, 0.25) is 5.91 Å². The average Bonchev–Trinajstić information content (AvgIpc) is 3.39. The number of alkyl carbamates (subject to hydrolysis) is 1. The number of carbonyl (C=O) groups is 3. The van der Waals surface area contributed by atoms with Gasteiger partial charge in [-0.2, -0.15) is 13.2 Å². The second-order valence-electron chi connectivity index (χ2n) is 8.73. The summed E-state index contributed by atoms with van der Waals surface area (Å²) in [6, 6.07) is 14.5. The first-order chi connectivity index (χ1) is 16.7. The van der Waals surface area contributed by atoms with Crippen molar-refractivity contribution in [2.75, 3.05) is 19.7 Å². The van der Waals surface area contributed by atoms with Crippen LogP contribution in [-0.2, 0) is 14.3 Å². The SMILES string of the molecule is O=C(O)C[C@H]1CCCN1C(=O)C(CNC(=O)OCC1c2ccccc2-c2ccccc21)C(F)(F)F. The third kappa shape index (κ3) is 5.26. The molecule has 35 heavy (non-hydrogen) atoms. The fourth-order valence-corrected chi connectivity index (χ4v) is 4.92. The Hall–Kier alpha value is -3.56. The van der Waals surface area contributed by atoms with E-state index in [1.807, 2.05) is 48.5 Å². The van der Waals surface area contributed by atoms with Crippen molar-refractivity contribution in [2.24, 2.45) is 5.92 Å². The summed E-state index contributed by atoms with van der Waals surface area (Å²) in [7, 11) is 0. The van der Waals surface area contributed by atoms with Crippen LogP contribution >= 0.6 is 0 Å². The molecule has 0 bridgehead atoms. The van der Waals surface area contributed by atoms with E-state index in [9.17, 15) is 27.6 Å². The molecule has 2 atom stereocenters. The predicted molar refractivity (Wildman–Crippen MR) is 120 cm³/mol. The summed E-state index contributed by atoms with van der Waals surface area (Å²) in [5.41, 5.74) is 3.95. The lowest BCUT2D eigenvalue weighted by Crippen LogP contribution is -2.49. The molecule has 1 heterocycles. The minimum atomic E-state index is -4.91. The Labute approximate surface area is 199 Å². The summed E-state index contributed by atoms with van der Waals surface area (Å²) in [4.78, 5) is 36.9. The van der Waals surface area contributed by atoms with Gasteiger partial charge in [0.15, 0.2) is 5.92 Å². The van der Waals surface area contributed by atoms with Gasteiger partial charge in [-0.1, -0.05) is 48.5 Å². The Balaban J connectivity index is 1.39. The Bertz CT molecular complexity index is 1070. The smallest absolute Gasteiger partial charge is 0.407 e. The number of ether oxygens (including phenoxy) is 1. The molecule has 0 aromatic heterocycles. The highest BCUT2D eigenvalue weighted by Crippen LogP contribution is 2.44. The monoisotopic (exact) mass is 490 g/mol. The number of alkyl halides is 3. The van der Waals surface area contributed by atoms with Crippen molar-refractivity contribution in [1.82, 2.24) is 10.2 Å². The van der Waals surface area contributed by atoms with E-state index in [1.54, 1.807) is 0 Å². The van der Waals surface area contributed by atoms with E-state index in [0.29, 0.717) is 12.8 Å². The number of hydrogen-bond donors (Lipinski definition) is 2. The third-order valence-electron chi connectivity index (χ3n) is 6.56. The van der Waals surface area contributed by atoms with E-state index in [4.69, 9.17) is 9.84 Å². The number of nitrogens with one attached hydrogen (secondary N) is 1. The molecule has 2 aromatic carbocycles. The molecule has 0 spiro atoms. The van der Waals surface area contributed by atoms with Gasteiger partial charge in [-0.05, 0) is 35.1 Å². The van der Waals surface area contributed by atoms with Crippen LogP contribution in [0.25, 0.3) is 11.1 Å². The molecule has 4 rings (SSSR count). The Morgan fingerprint density at radius 1 is 1.06 bits per heavy atom. The number of benzene rings is 2. The number of carbonyl (C=O) groups excluding carboxylic acids is 2. The van der Waals surface area contributed by atoms with Crippen molar-refractivity contribution in [3.8, 4) is 11.1 Å². The van der Waals surface area contributed by atoms with E-state index in [1.165, 1.54) is 0 Å². The first-order valence-corrected chi connectivity index (χ1v) is 11.3. The van der Waals surface area contributed by atoms with Gasteiger partial charge in [-0.25, -0.2) is 4.79 Å². The normalized spacial score (nSPS) is 18.0. The largest absolute Gasteiger partial charge is 0.481 e. The minimum absolute atomic E-state index is 0.0499. The van der Waals surface area contributed by atoms with Crippen LogP contribution in [0, 0.1) is 5.92 Å². The van der Waals surface area contributed by atoms with E-state index < -0.39 is 49.1 Å². The number of rotatable bonds is 7. The van der Waals surface area contributed by atoms with Crippen molar-refractivity contribution < 1.29 is 37.4 Å². The highest BCUT2D eigenvalue weighted by molar-refractivity contribution is 5.82. The maximum atomic E-state index is 13.7. The van der Waals surface area contributed by atoms with Crippen molar-refractivity contribution >= 4 is 18.0 Å². The number of aliphatic carboxylic acids is 1. The Kier molecular flexibility index (Phi) is 7.00. The number of likely N-dealkylation sites (tertiary alicyclic amines) is 1. The molecule has 1 fully saturated rings. The van der Waals surface area contributed by atoms with Crippen LogP contribution in [0.3, 0.4) is 0 Å². The highest BCUT2D eigenvalue weighted by Gasteiger charge is 2.48. The predicted octanol–water partition coefficient (Wildman–Crippen LogP) is 4.17. The van der Waals surface area contributed by atoms with Crippen LogP contribution in [-0.4, -0.2) is 59.9 Å². The van der Waals surface area contributed by atoms with Crippen molar-refractivity contribution in [3.05, 3.63) is 59.7 Å². The topological polar surface area (TPSA) is 95.9 Å². The molecule has 1 unspecified atom stereocenters. The molecular weight excluding hydrogens is 465 g/mol. The summed E-state index contributed by atoms with van der Waals surface area (Å²) in [6.45, 7) is -1.01. The van der Waals surface area contributed by atoms with E-state index in [-0.39, 0.29) is 19.1 Å². The van der Waals surface area contributed by atoms with E-state index in [0.717, 1.165) is 27.2 Å².